The maximum atomic E-state index is 9.61. The predicted molar refractivity (Wildman–Crippen MR) is 95.5 cm³/mol. The van der Waals surface area contributed by atoms with Crippen LogP contribution in [-0.2, 0) is 5.41 Å². The Labute approximate surface area is 141 Å². The van der Waals surface area contributed by atoms with Gasteiger partial charge in [0.15, 0.2) is 0 Å². The molecule has 0 bridgehead atoms. The number of hydrogen-bond acceptors (Lipinski definition) is 0. The van der Waals surface area contributed by atoms with Crippen LogP contribution < -0.4 is 0 Å². The number of aromatic nitrogens is 1. The lowest BCUT2D eigenvalue weighted by Crippen LogP contribution is -2.49. The summed E-state index contributed by atoms with van der Waals surface area (Å²) in [6, 6.07) is 5.49. The fourth-order valence-corrected chi connectivity index (χ4v) is 4.63. The molecule has 4 rings (SSSR count). The van der Waals surface area contributed by atoms with Crippen molar-refractivity contribution < 1.29 is 2.74 Å². The summed E-state index contributed by atoms with van der Waals surface area (Å²) < 4.78 is 19.1. The van der Waals surface area contributed by atoms with Gasteiger partial charge in [-0.15, -0.1) is 6.58 Å². The van der Waals surface area contributed by atoms with Crippen molar-refractivity contribution in [3.05, 3.63) is 59.6 Å². The van der Waals surface area contributed by atoms with Crippen molar-refractivity contribution in [2.45, 2.75) is 51.0 Å². The average Bonchev–Trinajstić information content (AvgIpc) is 3.02. The van der Waals surface area contributed by atoms with Crippen molar-refractivity contribution >= 4 is 10.9 Å². The van der Waals surface area contributed by atoms with Gasteiger partial charge in [-0.3, -0.25) is 0 Å². The summed E-state index contributed by atoms with van der Waals surface area (Å²) in [4.78, 5) is 7.23. The van der Waals surface area contributed by atoms with Crippen LogP contribution in [0.1, 0.15) is 53.4 Å². The van der Waals surface area contributed by atoms with E-state index in [1.165, 1.54) is 0 Å². The molecule has 2 aliphatic rings. The summed E-state index contributed by atoms with van der Waals surface area (Å²) in [6.07, 6.45) is 5.00. The first-order valence-corrected chi connectivity index (χ1v) is 8.28. The number of nitrogens with zero attached hydrogens (tertiary/aromatic N) is 1. The topological polar surface area (TPSA) is 20.1 Å². The lowest BCUT2D eigenvalue weighted by Gasteiger charge is -2.50. The molecule has 1 heterocycles. The fraction of sp³-hybridized carbons (Fsp3) is 0.476. The number of nitrogens with one attached hydrogen (secondary N) is 1. The SMILES string of the molecule is [2H][C@]12c3c[nH]c4cccc(c34)C(C)(C)[C@@]1([2H])CC[C@](C)(C=C)[C@@H]2[N+]#[C-]. The third-order valence-corrected chi connectivity index (χ3v) is 6.16. The summed E-state index contributed by atoms with van der Waals surface area (Å²) >= 11 is 0. The smallest absolute Gasteiger partial charge is 0.239 e. The second kappa shape index (κ2) is 4.51. The highest BCUT2D eigenvalue weighted by Gasteiger charge is 2.57. The maximum absolute atomic E-state index is 9.61. The number of hydrogen-bond donors (Lipinski definition) is 1. The van der Waals surface area contributed by atoms with Gasteiger partial charge in [0.25, 0.3) is 0 Å². The maximum Gasteiger partial charge on any atom is 0.239 e. The molecular weight excluding hydrogens is 280 g/mol. The highest BCUT2D eigenvalue weighted by Crippen LogP contribution is 2.59. The van der Waals surface area contributed by atoms with Crippen LogP contribution in [0.25, 0.3) is 15.7 Å². The van der Waals surface area contributed by atoms with Crippen LogP contribution in [0.2, 0.25) is 0 Å². The highest BCUT2D eigenvalue weighted by atomic mass is 14.8. The van der Waals surface area contributed by atoms with Crippen LogP contribution >= 0.6 is 0 Å². The van der Waals surface area contributed by atoms with Crippen LogP contribution in [0.3, 0.4) is 0 Å². The van der Waals surface area contributed by atoms with E-state index in [0.717, 1.165) is 22.0 Å². The largest absolute Gasteiger partial charge is 0.361 e. The van der Waals surface area contributed by atoms with Gasteiger partial charge in [0.05, 0.1) is 11.3 Å². The number of benzene rings is 1. The molecule has 4 atom stereocenters. The van der Waals surface area contributed by atoms with E-state index in [0.29, 0.717) is 12.8 Å². The Hall–Kier alpha value is -2.01. The first kappa shape index (κ1) is 12.4. The summed E-state index contributed by atoms with van der Waals surface area (Å²) in [7, 11) is 0. The van der Waals surface area contributed by atoms with Gasteiger partial charge in [0.1, 0.15) is 0 Å². The second-order valence-corrected chi connectivity index (χ2v) is 7.69. The summed E-state index contributed by atoms with van der Waals surface area (Å²) in [5.74, 6) is -2.37. The predicted octanol–water partition coefficient (Wildman–Crippen LogP) is 5.43. The minimum absolute atomic E-state index is 0.458. The van der Waals surface area contributed by atoms with Crippen molar-refractivity contribution in [3.8, 4) is 0 Å². The monoisotopic (exact) mass is 306 g/mol. The van der Waals surface area contributed by atoms with Crippen molar-refractivity contribution in [3.63, 3.8) is 0 Å². The van der Waals surface area contributed by atoms with E-state index >= 15 is 0 Å². The van der Waals surface area contributed by atoms with Gasteiger partial charge in [-0.05, 0) is 48.3 Å². The molecule has 0 saturated heterocycles. The molecule has 118 valence electrons. The Morgan fingerprint density at radius 3 is 2.91 bits per heavy atom. The molecule has 0 spiro atoms. The van der Waals surface area contributed by atoms with Crippen molar-refractivity contribution in [2.75, 3.05) is 0 Å². The standard InChI is InChI=1S/C21H24N2/c1-6-21(4)11-10-15-18(19(21)22-5)13-12-23-16-9-7-8-14(17(13)16)20(15,2)3/h6-9,12,15,18-19,23H,1,10-11H2,2-4H3/t15-,18-,19+,21-/m0/s1/i15D,18D. The first-order valence-electron chi connectivity index (χ1n) is 9.28. The molecule has 0 amide bonds. The summed E-state index contributed by atoms with van der Waals surface area (Å²) in [5.41, 5.74) is 1.93. The first-order chi connectivity index (χ1) is 11.7. The second-order valence-electron chi connectivity index (χ2n) is 7.69. The van der Waals surface area contributed by atoms with Crippen molar-refractivity contribution in [2.24, 2.45) is 11.3 Å². The molecule has 0 radical (unpaired) electrons. The molecule has 1 N–H and O–H groups in total. The van der Waals surface area contributed by atoms with E-state index in [9.17, 15) is 2.74 Å². The lowest BCUT2D eigenvalue weighted by molar-refractivity contribution is 0.119. The Balaban J connectivity index is 2.16. The molecule has 0 unspecified atom stereocenters. The fourth-order valence-electron chi connectivity index (χ4n) is 4.63. The minimum Gasteiger partial charge on any atom is -0.361 e. The number of H-pyrrole nitrogens is 1. The quantitative estimate of drug-likeness (QED) is 0.535. The molecule has 1 aromatic carbocycles. The van der Waals surface area contributed by atoms with E-state index < -0.39 is 28.7 Å². The highest BCUT2D eigenvalue weighted by molar-refractivity contribution is 5.89. The molecule has 2 aliphatic carbocycles. The molecule has 0 aliphatic heterocycles. The molecule has 2 heteroatoms. The Morgan fingerprint density at radius 1 is 1.43 bits per heavy atom. The summed E-state index contributed by atoms with van der Waals surface area (Å²) in [6.45, 7) is 18.1. The Kier molecular flexibility index (Phi) is 2.43. The van der Waals surface area contributed by atoms with Crippen LogP contribution in [0, 0.1) is 17.9 Å². The average molecular weight is 306 g/mol. The third-order valence-electron chi connectivity index (χ3n) is 6.16. The normalized spacial score (nSPS) is 42.3. The molecule has 1 fully saturated rings. The molecule has 1 aromatic heterocycles. The number of rotatable bonds is 1. The van der Waals surface area contributed by atoms with Gasteiger partial charge >= 0.3 is 0 Å². The van der Waals surface area contributed by atoms with E-state index in [4.69, 9.17) is 6.57 Å². The molecule has 2 aromatic rings. The Morgan fingerprint density at radius 2 is 2.22 bits per heavy atom. The van der Waals surface area contributed by atoms with Crippen LogP contribution in [0.15, 0.2) is 37.1 Å². The molecule has 23 heavy (non-hydrogen) atoms. The van der Waals surface area contributed by atoms with Crippen LogP contribution in [-0.4, -0.2) is 11.0 Å². The van der Waals surface area contributed by atoms with Crippen LogP contribution in [0.4, 0.5) is 0 Å². The van der Waals surface area contributed by atoms with E-state index in [1.54, 1.807) is 0 Å². The van der Waals surface area contributed by atoms with Gasteiger partial charge in [-0.1, -0.05) is 32.1 Å². The van der Waals surface area contributed by atoms with Gasteiger partial charge in [0, 0.05) is 19.8 Å². The van der Waals surface area contributed by atoms with E-state index in [-0.39, 0.29) is 0 Å². The zero-order valence-electron chi connectivity index (χ0n) is 16.0. The van der Waals surface area contributed by atoms with Crippen LogP contribution in [0.5, 0.6) is 0 Å². The zero-order chi connectivity index (χ0) is 18.3. The van der Waals surface area contributed by atoms with Gasteiger partial charge in [-0.2, -0.15) is 0 Å². The number of fused-ring (bicyclic) bond motifs is 2. The van der Waals surface area contributed by atoms with E-state index in [1.807, 2.05) is 31.3 Å². The minimum atomic E-state index is -1.30. The third kappa shape index (κ3) is 1.68. The lowest BCUT2D eigenvalue weighted by atomic mass is 9.51. The van der Waals surface area contributed by atoms with Gasteiger partial charge in [-0.25, -0.2) is 6.57 Å². The van der Waals surface area contributed by atoms with Crippen molar-refractivity contribution in [1.29, 1.82) is 0 Å². The Bertz CT molecular complexity index is 937. The van der Waals surface area contributed by atoms with E-state index in [2.05, 4.69) is 36.3 Å². The number of aromatic amines is 1. The van der Waals surface area contributed by atoms with Gasteiger partial charge in [0.2, 0.25) is 6.04 Å². The zero-order valence-corrected chi connectivity index (χ0v) is 14.0. The molecular formula is C21H24N2. The molecule has 2 nitrogen and oxygen atoms in total. The molecule has 1 saturated carbocycles. The van der Waals surface area contributed by atoms with Crippen molar-refractivity contribution in [1.82, 2.24) is 4.98 Å². The summed E-state index contributed by atoms with van der Waals surface area (Å²) in [5, 5.41) is 1.03. The van der Waals surface area contributed by atoms with Gasteiger partial charge < -0.3 is 9.83 Å².